The van der Waals surface area contributed by atoms with Crippen molar-refractivity contribution in [2.45, 2.75) is 13.3 Å². The lowest BCUT2D eigenvalue weighted by atomic mass is 10.0. The van der Waals surface area contributed by atoms with E-state index in [9.17, 15) is 9.59 Å². The highest BCUT2D eigenvalue weighted by Gasteiger charge is 2.16. The highest BCUT2D eigenvalue weighted by Crippen LogP contribution is 2.22. The molecule has 0 saturated carbocycles. The first-order valence-corrected chi connectivity index (χ1v) is 9.69. The Kier molecular flexibility index (Phi) is 6.95. The average molecular weight is 384 g/mol. The third kappa shape index (κ3) is 5.42. The van der Waals surface area contributed by atoms with Crippen LogP contribution in [0.4, 0.5) is 5.69 Å². The second kappa shape index (κ2) is 10.0. The first-order chi connectivity index (χ1) is 14.2. The molecule has 2 N–H and O–H groups in total. The molecule has 0 aliphatic heterocycles. The molecule has 4 nitrogen and oxygen atoms in total. The van der Waals surface area contributed by atoms with Crippen molar-refractivity contribution in [3.63, 3.8) is 0 Å². The normalized spacial score (nSPS) is 11.0. The molecule has 3 aromatic carbocycles. The topological polar surface area (TPSA) is 58.2 Å². The monoisotopic (exact) mass is 384 g/mol. The predicted octanol–water partition coefficient (Wildman–Crippen LogP) is 5.01. The summed E-state index contributed by atoms with van der Waals surface area (Å²) in [5.74, 6) is -0.466. The van der Waals surface area contributed by atoms with Crippen molar-refractivity contribution >= 4 is 29.2 Å². The number of nitrogens with one attached hydrogen (secondary N) is 2. The van der Waals surface area contributed by atoms with Gasteiger partial charge in [-0.15, -0.1) is 0 Å². The molecule has 0 aromatic heterocycles. The predicted molar refractivity (Wildman–Crippen MR) is 118 cm³/mol. The van der Waals surface area contributed by atoms with E-state index >= 15 is 0 Å². The summed E-state index contributed by atoms with van der Waals surface area (Å²) < 4.78 is 0. The molecular weight excluding hydrogens is 360 g/mol. The number of hydrogen-bond donors (Lipinski definition) is 2. The van der Waals surface area contributed by atoms with E-state index in [1.807, 2.05) is 73.7 Å². The van der Waals surface area contributed by atoms with E-state index < -0.39 is 0 Å². The lowest BCUT2D eigenvalue weighted by Crippen LogP contribution is -2.26. The molecule has 0 saturated heterocycles. The molecule has 2 amide bonds. The first kappa shape index (κ1) is 20.1. The van der Waals surface area contributed by atoms with Crippen LogP contribution in [0.1, 0.15) is 34.8 Å². The highest BCUT2D eigenvalue weighted by atomic mass is 16.2. The summed E-state index contributed by atoms with van der Waals surface area (Å²) in [6, 6.07) is 26.2. The summed E-state index contributed by atoms with van der Waals surface area (Å²) >= 11 is 0. The molecule has 3 rings (SSSR count). The standard InChI is InChI=1S/C25H24N2O2/c1-2-17-26-24(28)21-15-9-10-16-23(21)27-25(29)22(20-13-7-4-8-14-20)18-19-11-5-3-6-12-19/h3-16,18H,2,17H2,1H3,(H,26,28)(H,27,29)/b22-18-. The third-order valence-corrected chi connectivity index (χ3v) is 4.40. The Bertz CT molecular complexity index is 996. The van der Waals surface area contributed by atoms with Crippen LogP contribution in [-0.2, 0) is 4.79 Å². The van der Waals surface area contributed by atoms with Crippen LogP contribution in [-0.4, -0.2) is 18.4 Å². The van der Waals surface area contributed by atoms with Crippen molar-refractivity contribution in [3.8, 4) is 0 Å². The zero-order valence-electron chi connectivity index (χ0n) is 16.4. The van der Waals surface area contributed by atoms with Crippen molar-refractivity contribution < 1.29 is 9.59 Å². The largest absolute Gasteiger partial charge is 0.352 e. The van der Waals surface area contributed by atoms with Gasteiger partial charge in [-0.25, -0.2) is 0 Å². The van der Waals surface area contributed by atoms with Crippen LogP contribution in [0.25, 0.3) is 11.6 Å². The number of carbonyl (C=O) groups is 2. The van der Waals surface area contributed by atoms with Gasteiger partial charge in [0.1, 0.15) is 0 Å². The van der Waals surface area contributed by atoms with Gasteiger partial charge in [-0.1, -0.05) is 79.7 Å². The zero-order valence-corrected chi connectivity index (χ0v) is 16.4. The molecule has 29 heavy (non-hydrogen) atoms. The molecule has 0 radical (unpaired) electrons. The van der Waals surface area contributed by atoms with Crippen LogP contribution in [0.2, 0.25) is 0 Å². The van der Waals surface area contributed by atoms with Gasteiger partial charge in [0.05, 0.1) is 11.3 Å². The van der Waals surface area contributed by atoms with E-state index in [1.165, 1.54) is 0 Å². The minimum atomic E-state index is -0.268. The molecule has 0 fully saturated rings. The summed E-state index contributed by atoms with van der Waals surface area (Å²) in [5.41, 5.74) is 3.19. The highest BCUT2D eigenvalue weighted by molar-refractivity contribution is 6.29. The Morgan fingerprint density at radius 1 is 0.828 bits per heavy atom. The maximum absolute atomic E-state index is 13.2. The number of hydrogen-bond acceptors (Lipinski definition) is 2. The van der Waals surface area contributed by atoms with Crippen LogP contribution >= 0.6 is 0 Å². The average Bonchev–Trinajstić information content (AvgIpc) is 2.77. The zero-order chi connectivity index (χ0) is 20.5. The smallest absolute Gasteiger partial charge is 0.256 e. The molecule has 146 valence electrons. The van der Waals surface area contributed by atoms with Crippen molar-refractivity contribution in [2.24, 2.45) is 0 Å². The summed E-state index contributed by atoms with van der Waals surface area (Å²) in [5, 5.41) is 5.78. The Hall–Kier alpha value is -3.66. The summed E-state index contributed by atoms with van der Waals surface area (Å²) in [7, 11) is 0. The van der Waals surface area contributed by atoms with Crippen LogP contribution < -0.4 is 10.6 Å². The maximum atomic E-state index is 13.2. The lowest BCUT2D eigenvalue weighted by Gasteiger charge is -2.13. The van der Waals surface area contributed by atoms with Gasteiger partial charge < -0.3 is 10.6 Å². The lowest BCUT2D eigenvalue weighted by molar-refractivity contribution is -0.111. The van der Waals surface area contributed by atoms with Gasteiger partial charge in [0.15, 0.2) is 0 Å². The molecule has 0 bridgehead atoms. The van der Waals surface area contributed by atoms with E-state index in [1.54, 1.807) is 24.3 Å². The van der Waals surface area contributed by atoms with Gasteiger partial charge >= 0.3 is 0 Å². The molecule has 3 aromatic rings. The van der Waals surface area contributed by atoms with Crippen molar-refractivity contribution in [1.29, 1.82) is 0 Å². The van der Waals surface area contributed by atoms with Gasteiger partial charge in [0, 0.05) is 12.1 Å². The van der Waals surface area contributed by atoms with E-state index in [4.69, 9.17) is 0 Å². The van der Waals surface area contributed by atoms with Crippen LogP contribution in [0.3, 0.4) is 0 Å². The van der Waals surface area contributed by atoms with Gasteiger partial charge in [-0.2, -0.15) is 0 Å². The number of anilines is 1. The van der Waals surface area contributed by atoms with E-state index in [2.05, 4.69) is 10.6 Å². The van der Waals surface area contributed by atoms with Crippen LogP contribution in [0, 0.1) is 0 Å². The van der Waals surface area contributed by atoms with Gasteiger partial charge in [0.2, 0.25) is 0 Å². The molecular formula is C25H24N2O2. The molecule has 0 atom stereocenters. The second-order valence-electron chi connectivity index (χ2n) is 6.59. The molecule has 0 spiro atoms. The number of carbonyl (C=O) groups excluding carboxylic acids is 2. The summed E-state index contributed by atoms with van der Waals surface area (Å²) in [4.78, 5) is 25.7. The third-order valence-electron chi connectivity index (χ3n) is 4.40. The molecule has 0 aliphatic rings. The Balaban J connectivity index is 1.93. The van der Waals surface area contributed by atoms with E-state index in [-0.39, 0.29) is 11.8 Å². The van der Waals surface area contributed by atoms with Crippen LogP contribution in [0.15, 0.2) is 84.9 Å². The van der Waals surface area contributed by atoms with Gasteiger partial charge in [0.25, 0.3) is 11.8 Å². The molecule has 0 aliphatic carbocycles. The van der Waals surface area contributed by atoms with Crippen molar-refractivity contribution in [3.05, 3.63) is 102 Å². The van der Waals surface area contributed by atoms with Gasteiger partial charge in [-0.3, -0.25) is 9.59 Å². The Morgan fingerprint density at radius 3 is 2.14 bits per heavy atom. The number of amides is 2. The van der Waals surface area contributed by atoms with Crippen LogP contribution in [0.5, 0.6) is 0 Å². The minimum absolute atomic E-state index is 0.198. The summed E-state index contributed by atoms with van der Waals surface area (Å²) in [6.07, 6.45) is 2.70. The van der Waals surface area contributed by atoms with Crippen molar-refractivity contribution in [1.82, 2.24) is 5.32 Å². The second-order valence-corrected chi connectivity index (χ2v) is 6.59. The Morgan fingerprint density at radius 2 is 1.45 bits per heavy atom. The van der Waals surface area contributed by atoms with Crippen molar-refractivity contribution in [2.75, 3.05) is 11.9 Å². The Labute approximate surface area is 171 Å². The fourth-order valence-electron chi connectivity index (χ4n) is 2.93. The summed E-state index contributed by atoms with van der Waals surface area (Å²) in [6.45, 7) is 2.58. The molecule has 0 unspecified atom stereocenters. The minimum Gasteiger partial charge on any atom is -0.352 e. The molecule has 0 heterocycles. The van der Waals surface area contributed by atoms with Gasteiger partial charge in [-0.05, 0) is 35.8 Å². The fourth-order valence-corrected chi connectivity index (χ4v) is 2.93. The number of rotatable bonds is 7. The fraction of sp³-hybridized carbons (Fsp3) is 0.120. The first-order valence-electron chi connectivity index (χ1n) is 9.69. The van der Waals surface area contributed by atoms with E-state index in [0.717, 1.165) is 17.5 Å². The quantitative estimate of drug-likeness (QED) is 0.445. The maximum Gasteiger partial charge on any atom is 0.256 e. The molecule has 4 heteroatoms. The van der Waals surface area contributed by atoms with E-state index in [0.29, 0.717) is 23.4 Å². The number of benzene rings is 3. The SMILES string of the molecule is CCCNC(=O)c1ccccc1NC(=O)/C(=C\c1ccccc1)c1ccccc1. The number of para-hydroxylation sites is 1.